The first-order chi connectivity index (χ1) is 9.78. The minimum absolute atomic E-state index is 0.264. The zero-order valence-electron chi connectivity index (χ0n) is 11.7. The number of nitrogens with one attached hydrogen (secondary N) is 2. The van der Waals surface area contributed by atoms with E-state index in [0.29, 0.717) is 16.8 Å². The quantitative estimate of drug-likeness (QED) is 0.825. The van der Waals surface area contributed by atoms with E-state index >= 15 is 0 Å². The maximum absolute atomic E-state index is 5.62. The first kappa shape index (κ1) is 13.6. The van der Waals surface area contributed by atoms with Gasteiger partial charge >= 0.3 is 0 Å². The number of thioether (sulfide) groups is 1. The molecule has 2 aromatic heterocycles. The molecule has 1 aliphatic heterocycles. The molecule has 3 heterocycles. The Hall–Kier alpha value is -1.34. The summed E-state index contributed by atoms with van der Waals surface area (Å²) in [5.41, 5.74) is 1.63. The van der Waals surface area contributed by atoms with Gasteiger partial charge in [-0.1, -0.05) is 18.7 Å². The Balaban J connectivity index is 1.88. The lowest BCUT2D eigenvalue weighted by Crippen LogP contribution is -2.14. The number of aromatic nitrogens is 4. The SMILES string of the molecule is CCCNc1nc(SC2CCOC2C)c2[nH]cnc2n1. The molecule has 6 nitrogen and oxygen atoms in total. The highest BCUT2D eigenvalue weighted by Gasteiger charge is 2.27. The average molecular weight is 293 g/mol. The Morgan fingerprint density at radius 1 is 1.50 bits per heavy atom. The molecule has 0 saturated carbocycles. The molecule has 0 radical (unpaired) electrons. The van der Waals surface area contributed by atoms with Gasteiger partial charge in [-0.2, -0.15) is 4.98 Å². The van der Waals surface area contributed by atoms with Gasteiger partial charge in [0.15, 0.2) is 5.65 Å². The van der Waals surface area contributed by atoms with Crippen LogP contribution in [0, 0.1) is 0 Å². The first-order valence-electron chi connectivity index (χ1n) is 7.01. The van der Waals surface area contributed by atoms with Crippen molar-refractivity contribution in [2.24, 2.45) is 0 Å². The van der Waals surface area contributed by atoms with Crippen LogP contribution in [0.25, 0.3) is 11.2 Å². The fraction of sp³-hybridized carbons (Fsp3) is 0.615. The maximum Gasteiger partial charge on any atom is 0.225 e. The van der Waals surface area contributed by atoms with Gasteiger partial charge in [0, 0.05) is 18.4 Å². The molecule has 1 fully saturated rings. The summed E-state index contributed by atoms with van der Waals surface area (Å²) in [5.74, 6) is 0.653. The maximum atomic E-state index is 5.62. The lowest BCUT2D eigenvalue weighted by molar-refractivity contribution is 0.127. The van der Waals surface area contributed by atoms with E-state index in [9.17, 15) is 0 Å². The van der Waals surface area contributed by atoms with Gasteiger partial charge in [0.05, 0.1) is 12.4 Å². The topological polar surface area (TPSA) is 75.7 Å². The van der Waals surface area contributed by atoms with Crippen LogP contribution in [0.3, 0.4) is 0 Å². The minimum atomic E-state index is 0.264. The summed E-state index contributed by atoms with van der Waals surface area (Å²) in [6.45, 7) is 5.93. The Kier molecular flexibility index (Phi) is 4.07. The molecule has 2 unspecified atom stereocenters. The molecule has 7 heteroatoms. The summed E-state index contributed by atoms with van der Waals surface area (Å²) in [5, 5.41) is 4.62. The van der Waals surface area contributed by atoms with Crippen LogP contribution in [0.2, 0.25) is 0 Å². The molecular formula is C13H19N5OS. The average Bonchev–Trinajstić information content (AvgIpc) is 3.06. The molecule has 0 aliphatic carbocycles. The van der Waals surface area contributed by atoms with E-state index in [2.05, 4.69) is 39.1 Å². The van der Waals surface area contributed by atoms with E-state index in [-0.39, 0.29) is 6.10 Å². The van der Waals surface area contributed by atoms with Gasteiger partial charge < -0.3 is 15.0 Å². The molecule has 108 valence electrons. The van der Waals surface area contributed by atoms with E-state index in [1.807, 2.05) is 0 Å². The Morgan fingerprint density at radius 2 is 2.40 bits per heavy atom. The van der Waals surface area contributed by atoms with Crippen LogP contribution < -0.4 is 5.32 Å². The summed E-state index contributed by atoms with van der Waals surface area (Å²) >= 11 is 1.75. The normalized spacial score (nSPS) is 22.5. The summed E-state index contributed by atoms with van der Waals surface area (Å²) in [6.07, 6.45) is 4.03. The molecule has 0 amide bonds. The van der Waals surface area contributed by atoms with Crippen molar-refractivity contribution >= 4 is 28.9 Å². The van der Waals surface area contributed by atoms with Crippen molar-refractivity contribution in [3.05, 3.63) is 6.33 Å². The minimum Gasteiger partial charge on any atom is -0.377 e. The van der Waals surface area contributed by atoms with Crippen LogP contribution in [-0.4, -0.2) is 44.4 Å². The van der Waals surface area contributed by atoms with Gasteiger partial charge in [-0.05, 0) is 19.8 Å². The van der Waals surface area contributed by atoms with E-state index in [0.717, 1.165) is 36.5 Å². The van der Waals surface area contributed by atoms with Gasteiger partial charge in [0.1, 0.15) is 10.5 Å². The largest absolute Gasteiger partial charge is 0.377 e. The van der Waals surface area contributed by atoms with Crippen molar-refractivity contribution in [1.29, 1.82) is 0 Å². The smallest absolute Gasteiger partial charge is 0.225 e. The highest BCUT2D eigenvalue weighted by molar-refractivity contribution is 8.00. The van der Waals surface area contributed by atoms with E-state index in [4.69, 9.17) is 4.74 Å². The van der Waals surface area contributed by atoms with Crippen LogP contribution in [0.15, 0.2) is 11.4 Å². The number of ether oxygens (including phenoxy) is 1. The molecule has 2 N–H and O–H groups in total. The zero-order chi connectivity index (χ0) is 13.9. The van der Waals surface area contributed by atoms with Crippen LogP contribution in [0.1, 0.15) is 26.7 Å². The number of rotatable bonds is 5. The van der Waals surface area contributed by atoms with Crippen molar-refractivity contribution in [2.45, 2.75) is 43.1 Å². The van der Waals surface area contributed by atoms with Crippen LogP contribution >= 0.6 is 11.8 Å². The summed E-state index contributed by atoms with van der Waals surface area (Å²) in [7, 11) is 0. The van der Waals surface area contributed by atoms with E-state index in [1.54, 1.807) is 18.1 Å². The second kappa shape index (κ2) is 5.97. The number of hydrogen-bond acceptors (Lipinski definition) is 6. The van der Waals surface area contributed by atoms with E-state index in [1.165, 1.54) is 0 Å². The predicted octanol–water partition coefficient (Wildman–Crippen LogP) is 2.44. The molecule has 3 rings (SSSR count). The number of anilines is 1. The first-order valence-corrected chi connectivity index (χ1v) is 7.89. The lowest BCUT2D eigenvalue weighted by atomic mass is 10.3. The molecule has 1 saturated heterocycles. The van der Waals surface area contributed by atoms with Crippen molar-refractivity contribution in [3.63, 3.8) is 0 Å². The van der Waals surface area contributed by atoms with Gasteiger partial charge in [0.2, 0.25) is 5.95 Å². The Bertz CT molecular complexity index is 587. The van der Waals surface area contributed by atoms with Crippen molar-refractivity contribution in [2.75, 3.05) is 18.5 Å². The zero-order valence-corrected chi connectivity index (χ0v) is 12.5. The molecule has 0 bridgehead atoms. The molecule has 2 aromatic rings. The second-order valence-corrected chi connectivity index (χ2v) is 6.13. The molecule has 1 aliphatic rings. The number of H-pyrrole nitrogens is 1. The lowest BCUT2D eigenvalue weighted by Gasteiger charge is -2.13. The fourth-order valence-electron chi connectivity index (χ4n) is 2.22. The van der Waals surface area contributed by atoms with Crippen molar-refractivity contribution in [3.8, 4) is 0 Å². The Morgan fingerprint density at radius 3 is 3.15 bits per heavy atom. The fourth-order valence-corrected chi connectivity index (χ4v) is 3.40. The molecular weight excluding hydrogens is 274 g/mol. The molecule has 0 aromatic carbocycles. The number of aromatic amines is 1. The van der Waals surface area contributed by atoms with Gasteiger partial charge in [-0.3, -0.25) is 0 Å². The number of hydrogen-bond donors (Lipinski definition) is 2. The summed E-state index contributed by atoms with van der Waals surface area (Å²) in [6, 6.07) is 0. The third kappa shape index (κ3) is 2.73. The van der Waals surface area contributed by atoms with Crippen LogP contribution in [-0.2, 0) is 4.74 Å². The van der Waals surface area contributed by atoms with Gasteiger partial charge in [0.25, 0.3) is 0 Å². The van der Waals surface area contributed by atoms with Crippen LogP contribution in [0.5, 0.6) is 0 Å². The monoisotopic (exact) mass is 293 g/mol. The van der Waals surface area contributed by atoms with Crippen LogP contribution in [0.4, 0.5) is 5.95 Å². The van der Waals surface area contributed by atoms with Crippen molar-refractivity contribution < 1.29 is 4.74 Å². The van der Waals surface area contributed by atoms with E-state index < -0.39 is 0 Å². The highest BCUT2D eigenvalue weighted by Crippen LogP contribution is 2.34. The number of fused-ring (bicyclic) bond motifs is 1. The standard InChI is InChI=1S/C13H19N5OS/c1-3-5-14-13-17-11-10(15-7-16-11)12(18-13)20-9-4-6-19-8(9)2/h7-9H,3-6H2,1-2H3,(H2,14,15,16,17,18). The predicted molar refractivity (Wildman–Crippen MR) is 80.1 cm³/mol. The number of imidazole rings is 1. The van der Waals surface area contributed by atoms with Gasteiger partial charge in [-0.25, -0.2) is 9.97 Å². The summed E-state index contributed by atoms with van der Waals surface area (Å²) in [4.78, 5) is 16.4. The molecule has 0 spiro atoms. The number of nitrogens with zero attached hydrogens (tertiary/aromatic N) is 3. The highest BCUT2D eigenvalue weighted by atomic mass is 32.2. The summed E-state index contributed by atoms with van der Waals surface area (Å²) < 4.78 is 5.62. The Labute approximate surface area is 122 Å². The third-order valence-electron chi connectivity index (χ3n) is 3.36. The third-order valence-corrected chi connectivity index (χ3v) is 4.80. The molecule has 2 atom stereocenters. The van der Waals surface area contributed by atoms with Gasteiger partial charge in [-0.15, -0.1) is 0 Å². The second-order valence-electron chi connectivity index (χ2n) is 4.90. The molecule has 20 heavy (non-hydrogen) atoms. The van der Waals surface area contributed by atoms with Crippen molar-refractivity contribution in [1.82, 2.24) is 19.9 Å².